The van der Waals surface area contributed by atoms with Crippen LogP contribution in [0.3, 0.4) is 0 Å². The minimum Gasteiger partial charge on any atom is -0.422 e. The molecule has 24 heavy (non-hydrogen) atoms. The number of nitrogens with one attached hydrogen (secondary N) is 2. The smallest absolute Gasteiger partial charge is 0.349 e. The first-order chi connectivity index (χ1) is 11.5. The molecule has 6 nitrogen and oxygen atoms in total. The van der Waals surface area contributed by atoms with Crippen LogP contribution in [0.5, 0.6) is 0 Å². The van der Waals surface area contributed by atoms with E-state index in [0.29, 0.717) is 28.2 Å². The van der Waals surface area contributed by atoms with Crippen molar-refractivity contribution in [1.82, 2.24) is 15.3 Å². The molecule has 7 heteroatoms. The van der Waals surface area contributed by atoms with Gasteiger partial charge in [-0.2, -0.15) is 0 Å². The minimum atomic E-state index is -0.687. The fraction of sp³-hybridized carbons (Fsp3) is 0.235. The summed E-state index contributed by atoms with van der Waals surface area (Å²) in [5, 5.41) is 3.90. The Morgan fingerprint density at radius 3 is 2.88 bits per heavy atom. The van der Waals surface area contributed by atoms with Crippen LogP contribution < -0.4 is 10.9 Å². The lowest BCUT2D eigenvalue weighted by atomic mass is 10.1. The van der Waals surface area contributed by atoms with Gasteiger partial charge in [0, 0.05) is 22.3 Å². The zero-order valence-corrected chi connectivity index (χ0v) is 14.0. The molecule has 0 aliphatic rings. The van der Waals surface area contributed by atoms with Crippen LogP contribution in [0.4, 0.5) is 0 Å². The Morgan fingerprint density at radius 2 is 2.21 bits per heavy atom. The van der Waals surface area contributed by atoms with E-state index in [0.717, 1.165) is 5.69 Å². The highest BCUT2D eigenvalue weighted by Gasteiger charge is 2.20. The highest BCUT2D eigenvalue weighted by Crippen LogP contribution is 2.19. The SMILES string of the molecule is CCC(NC(=O)c1cc2cc(Cl)ccc2oc1=O)c1ncc(C)[nH]1. The molecule has 2 aromatic heterocycles. The molecule has 1 atom stereocenters. The number of amides is 1. The second-order valence-electron chi connectivity index (χ2n) is 5.52. The largest absolute Gasteiger partial charge is 0.422 e. The van der Waals surface area contributed by atoms with E-state index in [1.54, 1.807) is 24.4 Å². The van der Waals surface area contributed by atoms with E-state index < -0.39 is 11.5 Å². The second kappa shape index (κ2) is 6.49. The number of aryl methyl sites for hydroxylation is 1. The molecule has 1 aromatic carbocycles. The topological polar surface area (TPSA) is 88.0 Å². The van der Waals surface area contributed by atoms with Gasteiger partial charge in [0.2, 0.25) is 0 Å². The Bertz CT molecular complexity index is 961. The van der Waals surface area contributed by atoms with Gasteiger partial charge in [0.1, 0.15) is 17.0 Å². The molecule has 0 saturated heterocycles. The summed E-state index contributed by atoms with van der Waals surface area (Å²) < 4.78 is 5.20. The zero-order chi connectivity index (χ0) is 17.3. The van der Waals surface area contributed by atoms with Crippen molar-refractivity contribution in [1.29, 1.82) is 0 Å². The third-order valence-electron chi connectivity index (χ3n) is 3.71. The molecule has 1 amide bonds. The van der Waals surface area contributed by atoms with Crippen molar-refractivity contribution in [3.63, 3.8) is 0 Å². The number of nitrogens with zero attached hydrogens (tertiary/aromatic N) is 1. The van der Waals surface area contributed by atoms with Gasteiger partial charge < -0.3 is 14.7 Å². The number of imidazole rings is 1. The molecule has 124 valence electrons. The molecule has 2 N–H and O–H groups in total. The number of aromatic nitrogens is 2. The summed E-state index contributed by atoms with van der Waals surface area (Å²) in [6.45, 7) is 3.80. The summed E-state index contributed by atoms with van der Waals surface area (Å²) in [5.41, 5.74) is 0.534. The molecule has 3 rings (SSSR count). The molecule has 0 radical (unpaired) electrons. The van der Waals surface area contributed by atoms with Crippen molar-refractivity contribution in [3.8, 4) is 0 Å². The normalized spacial score (nSPS) is 12.3. The molecular formula is C17H16ClN3O3. The Kier molecular flexibility index (Phi) is 4.40. The highest BCUT2D eigenvalue weighted by molar-refractivity contribution is 6.31. The number of carbonyl (C=O) groups is 1. The predicted molar refractivity (Wildman–Crippen MR) is 91.3 cm³/mol. The molecule has 3 aromatic rings. The number of fused-ring (bicyclic) bond motifs is 1. The van der Waals surface area contributed by atoms with Crippen LogP contribution in [-0.2, 0) is 0 Å². The van der Waals surface area contributed by atoms with E-state index in [9.17, 15) is 9.59 Å². The molecule has 0 bridgehead atoms. The molecular weight excluding hydrogens is 330 g/mol. The molecule has 0 aliphatic carbocycles. The first-order valence-corrected chi connectivity index (χ1v) is 7.91. The Labute approximate surface area is 142 Å². The van der Waals surface area contributed by atoms with Crippen LogP contribution in [0.25, 0.3) is 11.0 Å². The zero-order valence-electron chi connectivity index (χ0n) is 13.2. The van der Waals surface area contributed by atoms with Crippen LogP contribution in [0.15, 0.2) is 39.7 Å². The first-order valence-electron chi connectivity index (χ1n) is 7.53. The van der Waals surface area contributed by atoms with Crippen molar-refractivity contribution in [2.75, 3.05) is 0 Å². The van der Waals surface area contributed by atoms with Crippen molar-refractivity contribution in [2.45, 2.75) is 26.3 Å². The van der Waals surface area contributed by atoms with Crippen LogP contribution in [0.2, 0.25) is 5.02 Å². The average molecular weight is 346 g/mol. The number of hydrogen-bond donors (Lipinski definition) is 2. The highest BCUT2D eigenvalue weighted by atomic mass is 35.5. The first kappa shape index (κ1) is 16.3. The van der Waals surface area contributed by atoms with Gasteiger partial charge in [-0.3, -0.25) is 4.79 Å². The molecule has 1 unspecified atom stereocenters. The van der Waals surface area contributed by atoms with E-state index in [4.69, 9.17) is 16.0 Å². The Hall–Kier alpha value is -2.60. The monoisotopic (exact) mass is 345 g/mol. The number of hydrogen-bond acceptors (Lipinski definition) is 4. The van der Waals surface area contributed by atoms with E-state index in [-0.39, 0.29) is 11.6 Å². The summed E-state index contributed by atoms with van der Waals surface area (Å²) in [4.78, 5) is 31.9. The van der Waals surface area contributed by atoms with Gasteiger partial charge in [0.15, 0.2) is 0 Å². The lowest BCUT2D eigenvalue weighted by Crippen LogP contribution is -2.32. The number of rotatable bonds is 4. The summed E-state index contributed by atoms with van der Waals surface area (Å²) in [7, 11) is 0. The fourth-order valence-corrected chi connectivity index (χ4v) is 2.64. The number of aromatic amines is 1. The van der Waals surface area contributed by atoms with E-state index in [2.05, 4.69) is 15.3 Å². The third kappa shape index (κ3) is 3.19. The maximum absolute atomic E-state index is 12.5. The van der Waals surface area contributed by atoms with Gasteiger partial charge in [-0.15, -0.1) is 0 Å². The average Bonchev–Trinajstić information content (AvgIpc) is 2.98. The van der Waals surface area contributed by atoms with Gasteiger partial charge >= 0.3 is 5.63 Å². The van der Waals surface area contributed by atoms with Gasteiger partial charge in [-0.1, -0.05) is 18.5 Å². The van der Waals surface area contributed by atoms with Crippen molar-refractivity contribution in [2.24, 2.45) is 0 Å². The predicted octanol–water partition coefficient (Wildman–Crippen LogP) is 3.36. The standard InChI is InChI=1S/C17H16ClN3O3/c1-3-13(15-19-8-9(2)20-15)21-16(22)12-7-10-6-11(18)4-5-14(10)24-17(12)23/h4-8,13H,3H2,1-2H3,(H,19,20)(H,21,22). The second-order valence-corrected chi connectivity index (χ2v) is 5.95. The lowest BCUT2D eigenvalue weighted by molar-refractivity contribution is 0.0930. The van der Waals surface area contributed by atoms with Crippen LogP contribution in [-0.4, -0.2) is 15.9 Å². The van der Waals surface area contributed by atoms with Gasteiger partial charge in [0.05, 0.1) is 6.04 Å². The molecule has 0 fully saturated rings. The Balaban J connectivity index is 1.92. The van der Waals surface area contributed by atoms with Crippen molar-refractivity contribution in [3.05, 3.63) is 63.0 Å². The maximum atomic E-state index is 12.5. The lowest BCUT2D eigenvalue weighted by Gasteiger charge is -2.14. The van der Waals surface area contributed by atoms with Crippen molar-refractivity contribution < 1.29 is 9.21 Å². The molecule has 0 aliphatic heterocycles. The van der Waals surface area contributed by atoms with E-state index in [1.807, 2.05) is 13.8 Å². The number of H-pyrrole nitrogens is 1. The van der Waals surface area contributed by atoms with Gasteiger partial charge in [-0.05, 0) is 37.6 Å². The maximum Gasteiger partial charge on any atom is 0.349 e. The summed E-state index contributed by atoms with van der Waals surface area (Å²) in [6.07, 6.45) is 2.32. The van der Waals surface area contributed by atoms with Gasteiger partial charge in [-0.25, -0.2) is 9.78 Å². The van der Waals surface area contributed by atoms with Crippen LogP contribution >= 0.6 is 11.6 Å². The van der Waals surface area contributed by atoms with E-state index >= 15 is 0 Å². The molecule has 0 saturated carbocycles. The fourth-order valence-electron chi connectivity index (χ4n) is 2.46. The summed E-state index contributed by atoms with van der Waals surface area (Å²) in [6, 6.07) is 6.03. The molecule has 2 heterocycles. The summed E-state index contributed by atoms with van der Waals surface area (Å²) in [5.74, 6) is 0.142. The number of carbonyl (C=O) groups excluding carboxylic acids is 1. The number of halogens is 1. The van der Waals surface area contributed by atoms with Crippen molar-refractivity contribution >= 4 is 28.5 Å². The quantitative estimate of drug-likeness (QED) is 0.710. The summed E-state index contributed by atoms with van der Waals surface area (Å²) >= 11 is 5.95. The third-order valence-corrected chi connectivity index (χ3v) is 3.94. The molecule has 0 spiro atoms. The number of benzene rings is 1. The van der Waals surface area contributed by atoms with Gasteiger partial charge in [0.25, 0.3) is 5.91 Å². The minimum absolute atomic E-state index is 0.0634. The Morgan fingerprint density at radius 1 is 1.42 bits per heavy atom. The van der Waals surface area contributed by atoms with Crippen LogP contribution in [0, 0.1) is 6.92 Å². The van der Waals surface area contributed by atoms with E-state index in [1.165, 1.54) is 6.07 Å². The van der Waals surface area contributed by atoms with Crippen LogP contribution in [0.1, 0.15) is 41.3 Å².